The summed E-state index contributed by atoms with van der Waals surface area (Å²) in [7, 11) is -3.43. The molecule has 1 heterocycles. The van der Waals surface area contributed by atoms with E-state index in [9.17, 15) is 8.42 Å². The third-order valence-corrected chi connectivity index (χ3v) is 4.01. The predicted octanol–water partition coefficient (Wildman–Crippen LogP) is 3.09. The van der Waals surface area contributed by atoms with E-state index < -0.39 is 10.1 Å². The van der Waals surface area contributed by atoms with E-state index in [1.165, 1.54) is 5.56 Å². The molecular weight excluding hydrogens is 302 g/mol. The topological polar surface area (TPSA) is 69.4 Å². The fraction of sp³-hybridized carbons (Fsp3) is 0.438. The van der Waals surface area contributed by atoms with Crippen LogP contribution in [0.5, 0.6) is 0 Å². The van der Waals surface area contributed by atoms with E-state index >= 15 is 0 Å². The normalized spacial score (nSPS) is 11.9. The van der Waals surface area contributed by atoms with Gasteiger partial charge in [-0.1, -0.05) is 17.7 Å². The Labute approximate surface area is 131 Å². The molecule has 0 saturated carbocycles. The van der Waals surface area contributed by atoms with Gasteiger partial charge in [-0.3, -0.25) is 4.18 Å². The molecule has 0 bridgehead atoms. The van der Waals surface area contributed by atoms with E-state index in [1.807, 2.05) is 20.8 Å². The Bertz CT molecular complexity index is 767. The number of benzene rings is 1. The molecule has 0 spiro atoms. The van der Waals surface area contributed by atoms with E-state index in [1.54, 1.807) is 0 Å². The number of aryl methyl sites for hydroxylation is 4. The highest BCUT2D eigenvalue weighted by Gasteiger charge is 2.16. The fourth-order valence-electron chi connectivity index (χ4n) is 2.57. The van der Waals surface area contributed by atoms with Crippen LogP contribution in [0.2, 0.25) is 0 Å². The second-order valence-electron chi connectivity index (χ2n) is 5.57. The third kappa shape index (κ3) is 3.96. The second kappa shape index (κ2) is 6.22. The van der Waals surface area contributed by atoms with Crippen molar-refractivity contribution < 1.29 is 17.0 Å². The van der Waals surface area contributed by atoms with Crippen LogP contribution in [0, 0.1) is 27.7 Å². The number of hydrogen-bond acceptors (Lipinski definition) is 5. The number of hydrogen-bond donors (Lipinski definition) is 0. The van der Waals surface area contributed by atoms with Gasteiger partial charge in [0.2, 0.25) is 5.89 Å². The molecule has 0 fully saturated rings. The smallest absolute Gasteiger partial charge is 0.264 e. The SMILES string of the molecule is Cc1cc(C)c(-c2nc(CCOS(C)(=O)=O)c(C)o2)c(C)c1. The summed E-state index contributed by atoms with van der Waals surface area (Å²) in [6, 6.07) is 4.18. The minimum Gasteiger partial charge on any atom is -0.441 e. The van der Waals surface area contributed by atoms with E-state index in [4.69, 9.17) is 8.60 Å². The standard InChI is InChI=1S/C16H21NO4S/c1-10-8-11(2)15(12(3)9-10)16-17-14(13(4)21-16)6-7-20-22(5,18)19/h8-9H,6-7H2,1-5H3. The first-order valence-electron chi connectivity index (χ1n) is 7.06. The molecule has 22 heavy (non-hydrogen) atoms. The average molecular weight is 323 g/mol. The summed E-state index contributed by atoms with van der Waals surface area (Å²) in [5.41, 5.74) is 5.13. The van der Waals surface area contributed by atoms with Gasteiger partial charge in [-0.15, -0.1) is 0 Å². The second-order valence-corrected chi connectivity index (χ2v) is 7.22. The summed E-state index contributed by atoms with van der Waals surface area (Å²) in [6.45, 7) is 8.00. The van der Waals surface area contributed by atoms with Gasteiger partial charge < -0.3 is 4.42 Å². The zero-order valence-electron chi connectivity index (χ0n) is 13.6. The maximum Gasteiger partial charge on any atom is 0.264 e. The van der Waals surface area contributed by atoms with Crippen molar-refractivity contribution in [1.29, 1.82) is 0 Å². The van der Waals surface area contributed by atoms with E-state index in [2.05, 4.69) is 24.0 Å². The summed E-state index contributed by atoms with van der Waals surface area (Å²) in [4.78, 5) is 4.51. The molecule has 2 rings (SSSR count). The first-order valence-corrected chi connectivity index (χ1v) is 8.88. The zero-order valence-corrected chi connectivity index (χ0v) is 14.4. The van der Waals surface area contributed by atoms with E-state index in [0.717, 1.165) is 28.6 Å². The van der Waals surface area contributed by atoms with Gasteiger partial charge in [0, 0.05) is 12.0 Å². The van der Waals surface area contributed by atoms with Crippen LogP contribution >= 0.6 is 0 Å². The summed E-state index contributed by atoms with van der Waals surface area (Å²) in [5, 5.41) is 0. The highest BCUT2D eigenvalue weighted by Crippen LogP contribution is 2.29. The zero-order chi connectivity index (χ0) is 16.5. The molecule has 6 heteroatoms. The molecule has 0 amide bonds. The lowest BCUT2D eigenvalue weighted by atomic mass is 10.00. The molecule has 0 saturated heterocycles. The van der Waals surface area contributed by atoms with Gasteiger partial charge in [-0.05, 0) is 38.8 Å². The van der Waals surface area contributed by atoms with Crippen molar-refractivity contribution in [2.24, 2.45) is 0 Å². The number of aromatic nitrogens is 1. The monoisotopic (exact) mass is 323 g/mol. The minimum atomic E-state index is -3.43. The van der Waals surface area contributed by atoms with Gasteiger partial charge in [0.1, 0.15) is 5.76 Å². The van der Waals surface area contributed by atoms with Crippen molar-refractivity contribution in [3.05, 3.63) is 40.3 Å². The molecule has 0 N–H and O–H groups in total. The van der Waals surface area contributed by atoms with E-state index in [-0.39, 0.29) is 6.61 Å². The quantitative estimate of drug-likeness (QED) is 0.791. The van der Waals surface area contributed by atoms with Gasteiger partial charge >= 0.3 is 0 Å². The lowest BCUT2D eigenvalue weighted by Gasteiger charge is -2.07. The minimum absolute atomic E-state index is 0.0670. The molecule has 0 aliphatic heterocycles. The van der Waals surface area contributed by atoms with Crippen LogP contribution in [0.4, 0.5) is 0 Å². The fourth-order valence-corrected chi connectivity index (χ4v) is 2.96. The van der Waals surface area contributed by atoms with Gasteiger partial charge in [-0.25, -0.2) is 4.98 Å². The van der Waals surface area contributed by atoms with Crippen molar-refractivity contribution in [3.63, 3.8) is 0 Å². The van der Waals surface area contributed by atoms with Gasteiger partial charge in [0.15, 0.2) is 0 Å². The largest absolute Gasteiger partial charge is 0.441 e. The number of rotatable bonds is 5. The van der Waals surface area contributed by atoms with Gasteiger partial charge in [0.25, 0.3) is 10.1 Å². The molecule has 0 aliphatic rings. The number of nitrogens with zero attached hydrogens (tertiary/aromatic N) is 1. The maximum absolute atomic E-state index is 11.0. The Hall–Kier alpha value is -1.66. The maximum atomic E-state index is 11.0. The highest BCUT2D eigenvalue weighted by atomic mass is 32.2. The Morgan fingerprint density at radius 2 is 1.73 bits per heavy atom. The van der Waals surface area contributed by atoms with Crippen LogP contribution in [0.15, 0.2) is 16.5 Å². The Kier molecular flexibility index (Phi) is 4.72. The van der Waals surface area contributed by atoms with Crippen LogP contribution in [-0.2, 0) is 20.7 Å². The van der Waals surface area contributed by atoms with Crippen molar-refractivity contribution in [1.82, 2.24) is 4.98 Å². The van der Waals surface area contributed by atoms with Gasteiger partial charge in [0.05, 0.1) is 18.6 Å². The Morgan fingerprint density at radius 1 is 1.14 bits per heavy atom. The summed E-state index contributed by atoms with van der Waals surface area (Å²) >= 11 is 0. The van der Waals surface area contributed by atoms with Gasteiger partial charge in [-0.2, -0.15) is 8.42 Å². The summed E-state index contributed by atoms with van der Waals surface area (Å²) in [5.74, 6) is 1.26. The molecule has 0 aliphatic carbocycles. The van der Waals surface area contributed by atoms with Crippen LogP contribution in [0.25, 0.3) is 11.5 Å². The average Bonchev–Trinajstić information content (AvgIpc) is 2.67. The highest BCUT2D eigenvalue weighted by molar-refractivity contribution is 7.85. The van der Waals surface area contributed by atoms with Crippen molar-refractivity contribution >= 4 is 10.1 Å². The molecule has 1 aromatic carbocycles. The first-order chi connectivity index (χ1) is 10.2. The van der Waals surface area contributed by atoms with Crippen molar-refractivity contribution in [2.75, 3.05) is 12.9 Å². The molecule has 120 valence electrons. The lowest BCUT2D eigenvalue weighted by molar-refractivity contribution is 0.324. The molecular formula is C16H21NO4S. The van der Waals surface area contributed by atoms with Crippen LogP contribution in [-0.4, -0.2) is 26.3 Å². The van der Waals surface area contributed by atoms with Crippen molar-refractivity contribution in [2.45, 2.75) is 34.1 Å². The molecule has 2 aromatic rings. The molecule has 0 unspecified atom stereocenters. The van der Waals surface area contributed by atoms with E-state index in [0.29, 0.717) is 18.1 Å². The summed E-state index contributed by atoms with van der Waals surface area (Å²) < 4.78 is 32.5. The lowest BCUT2D eigenvalue weighted by Crippen LogP contribution is -2.06. The summed E-state index contributed by atoms with van der Waals surface area (Å²) in [6.07, 6.45) is 1.43. The molecule has 0 atom stereocenters. The molecule has 1 aromatic heterocycles. The van der Waals surface area contributed by atoms with Crippen LogP contribution in [0.3, 0.4) is 0 Å². The molecule has 0 radical (unpaired) electrons. The first kappa shape index (κ1) is 16.7. The Balaban J connectivity index is 2.27. The van der Waals surface area contributed by atoms with Crippen LogP contribution < -0.4 is 0 Å². The predicted molar refractivity (Wildman–Crippen MR) is 85.4 cm³/mol. The third-order valence-electron chi connectivity index (χ3n) is 3.42. The molecule has 5 nitrogen and oxygen atoms in total. The number of oxazole rings is 1. The Morgan fingerprint density at radius 3 is 2.27 bits per heavy atom. The van der Waals surface area contributed by atoms with Crippen molar-refractivity contribution in [3.8, 4) is 11.5 Å². The van der Waals surface area contributed by atoms with Crippen LogP contribution in [0.1, 0.15) is 28.1 Å².